The van der Waals surface area contributed by atoms with E-state index < -0.39 is 5.92 Å². The molecule has 0 atom stereocenters. The largest absolute Gasteiger partial charge is 0.354 e. The van der Waals surface area contributed by atoms with E-state index in [4.69, 9.17) is 4.98 Å². The number of aromatic amines is 1. The molecule has 40 heavy (non-hydrogen) atoms. The number of alkyl halides is 2. The number of hydrogen-bond acceptors (Lipinski definition) is 6. The van der Waals surface area contributed by atoms with E-state index in [1.54, 1.807) is 23.5 Å². The van der Waals surface area contributed by atoms with E-state index in [0.717, 1.165) is 39.2 Å². The van der Waals surface area contributed by atoms with E-state index in [1.807, 2.05) is 37.3 Å². The Morgan fingerprint density at radius 3 is 2.77 bits per heavy atom. The summed E-state index contributed by atoms with van der Waals surface area (Å²) >= 11 is 0. The molecule has 0 saturated carbocycles. The van der Waals surface area contributed by atoms with Crippen molar-refractivity contribution in [2.24, 2.45) is 0 Å². The summed E-state index contributed by atoms with van der Waals surface area (Å²) in [5, 5.41) is 10.9. The van der Waals surface area contributed by atoms with Gasteiger partial charge in [0.15, 0.2) is 0 Å². The number of rotatable bonds is 7. The summed E-state index contributed by atoms with van der Waals surface area (Å²) < 4.78 is 27.3. The molecule has 7 nitrogen and oxygen atoms in total. The number of fused-ring (bicyclic) bond motifs is 1. The fraction of sp³-hybridized carbons (Fsp3) is 0.226. The zero-order chi connectivity index (χ0) is 27.9. The average molecular weight is 538 g/mol. The highest BCUT2D eigenvalue weighted by atomic mass is 19.3. The lowest BCUT2D eigenvalue weighted by molar-refractivity contribution is 0.0115. The van der Waals surface area contributed by atoms with Crippen molar-refractivity contribution in [1.29, 1.82) is 0 Å². The molecule has 5 aromatic rings. The van der Waals surface area contributed by atoms with Crippen molar-refractivity contribution in [3.63, 3.8) is 0 Å². The number of aryl methyl sites for hydroxylation is 1. The van der Waals surface area contributed by atoms with Crippen LogP contribution in [0.1, 0.15) is 28.8 Å². The van der Waals surface area contributed by atoms with Gasteiger partial charge in [-0.15, -0.1) is 0 Å². The van der Waals surface area contributed by atoms with Gasteiger partial charge in [-0.05, 0) is 55.3 Å². The lowest BCUT2D eigenvalue weighted by Crippen LogP contribution is -2.24. The van der Waals surface area contributed by atoms with Gasteiger partial charge < -0.3 is 5.32 Å². The molecule has 0 unspecified atom stereocenters. The number of aromatic nitrogens is 5. The molecule has 202 valence electrons. The number of nitrogens with zero attached hydrogens (tertiary/aromatic N) is 5. The maximum atomic E-state index is 13.6. The van der Waals surface area contributed by atoms with Crippen LogP contribution < -0.4 is 5.32 Å². The zero-order valence-corrected chi connectivity index (χ0v) is 22.4. The van der Waals surface area contributed by atoms with Crippen LogP contribution in [0, 0.1) is 13.8 Å². The number of nitrogens with one attached hydrogen (secondary N) is 2. The Morgan fingerprint density at radius 2 is 1.98 bits per heavy atom. The summed E-state index contributed by atoms with van der Waals surface area (Å²) in [5.74, 6) is -2.62. The van der Waals surface area contributed by atoms with E-state index in [1.165, 1.54) is 5.56 Å². The van der Waals surface area contributed by atoms with Crippen molar-refractivity contribution in [1.82, 2.24) is 30.0 Å². The van der Waals surface area contributed by atoms with Crippen LogP contribution in [0.3, 0.4) is 0 Å². The standard InChI is InChI=1S/C31H29F2N7/c1-19-5-4-6-23(13-19)28-20(2)25(9-11-35-28)36-21(3)29-30-27(38-39-29)8-7-26(37-30)24-14-22(15-34-16-24)17-40-12-10-31(32,33)18-40/h4-9,11,13-16H,3,10,12,17-18H2,1-2H3,(H,35,36)(H,38,39). The minimum atomic E-state index is -2.62. The molecule has 9 heteroatoms. The molecule has 4 aromatic heterocycles. The molecule has 1 aliphatic rings. The normalized spacial score (nSPS) is 15.0. The molecule has 0 radical (unpaired) electrons. The highest BCUT2D eigenvalue weighted by Gasteiger charge is 2.37. The molecule has 1 saturated heterocycles. The van der Waals surface area contributed by atoms with E-state index in [9.17, 15) is 8.78 Å². The van der Waals surface area contributed by atoms with E-state index in [2.05, 4.69) is 57.2 Å². The van der Waals surface area contributed by atoms with Gasteiger partial charge in [0.25, 0.3) is 5.92 Å². The molecule has 5 heterocycles. The number of benzene rings is 1. The van der Waals surface area contributed by atoms with Crippen LogP contribution in [-0.4, -0.2) is 49.1 Å². The van der Waals surface area contributed by atoms with Crippen molar-refractivity contribution in [2.75, 3.05) is 18.4 Å². The minimum absolute atomic E-state index is 0.105. The van der Waals surface area contributed by atoms with Gasteiger partial charge in [-0.2, -0.15) is 5.10 Å². The smallest absolute Gasteiger partial charge is 0.261 e. The molecular weight excluding hydrogens is 508 g/mol. The highest BCUT2D eigenvalue weighted by Crippen LogP contribution is 2.31. The summed E-state index contributed by atoms with van der Waals surface area (Å²) in [4.78, 5) is 15.6. The molecule has 6 rings (SSSR count). The Labute approximate surface area is 231 Å². The Bertz CT molecular complexity index is 1730. The van der Waals surface area contributed by atoms with Crippen molar-refractivity contribution < 1.29 is 8.78 Å². The van der Waals surface area contributed by atoms with Crippen molar-refractivity contribution in [3.8, 4) is 22.5 Å². The first kappa shape index (κ1) is 25.8. The average Bonchev–Trinajstić information content (AvgIpc) is 3.52. The first-order valence-corrected chi connectivity index (χ1v) is 13.1. The maximum Gasteiger partial charge on any atom is 0.261 e. The van der Waals surface area contributed by atoms with Gasteiger partial charge in [0.05, 0.1) is 29.1 Å². The SMILES string of the molecule is C=C(Nc1ccnc(-c2cccc(C)c2)c1C)c1n[nH]c2ccc(-c3cncc(CN4CCC(F)(F)C4)c3)nc12. The van der Waals surface area contributed by atoms with Gasteiger partial charge in [0.2, 0.25) is 0 Å². The molecular formula is C31H29F2N7. The third-order valence-corrected chi connectivity index (χ3v) is 7.22. The van der Waals surface area contributed by atoms with Gasteiger partial charge >= 0.3 is 0 Å². The second-order valence-electron chi connectivity index (χ2n) is 10.4. The van der Waals surface area contributed by atoms with Gasteiger partial charge in [-0.25, -0.2) is 13.8 Å². The van der Waals surface area contributed by atoms with Crippen LogP contribution in [0.4, 0.5) is 14.5 Å². The van der Waals surface area contributed by atoms with Gasteiger partial charge in [0, 0.05) is 54.9 Å². The van der Waals surface area contributed by atoms with Crippen molar-refractivity contribution in [2.45, 2.75) is 32.7 Å². The summed E-state index contributed by atoms with van der Waals surface area (Å²) in [5.41, 5.74) is 10.1. The molecule has 2 N–H and O–H groups in total. The fourth-order valence-electron chi connectivity index (χ4n) is 5.16. The van der Waals surface area contributed by atoms with E-state index >= 15 is 0 Å². The fourth-order valence-corrected chi connectivity index (χ4v) is 5.16. The predicted molar refractivity (Wildman–Crippen MR) is 154 cm³/mol. The van der Waals surface area contributed by atoms with Crippen LogP contribution in [0.25, 0.3) is 39.2 Å². The zero-order valence-electron chi connectivity index (χ0n) is 22.4. The van der Waals surface area contributed by atoms with Gasteiger partial charge in [-0.1, -0.05) is 30.3 Å². The predicted octanol–water partition coefficient (Wildman–Crippen LogP) is 6.62. The summed E-state index contributed by atoms with van der Waals surface area (Å²) in [7, 11) is 0. The molecule has 0 spiro atoms. The lowest BCUT2D eigenvalue weighted by Gasteiger charge is -2.15. The minimum Gasteiger partial charge on any atom is -0.354 e. The summed E-state index contributed by atoms with van der Waals surface area (Å²) in [6.45, 7) is 8.92. The number of pyridine rings is 3. The number of hydrogen-bond donors (Lipinski definition) is 2. The summed E-state index contributed by atoms with van der Waals surface area (Å²) in [6.07, 6.45) is 5.13. The van der Waals surface area contributed by atoms with Crippen LogP contribution >= 0.6 is 0 Å². The Balaban J connectivity index is 1.26. The highest BCUT2D eigenvalue weighted by molar-refractivity contribution is 5.91. The molecule has 1 aromatic carbocycles. The first-order chi connectivity index (χ1) is 19.3. The van der Waals surface area contributed by atoms with Crippen LogP contribution in [-0.2, 0) is 6.54 Å². The number of anilines is 1. The quantitative estimate of drug-likeness (QED) is 0.243. The Kier molecular flexibility index (Phi) is 6.59. The van der Waals surface area contributed by atoms with Crippen molar-refractivity contribution >= 4 is 22.4 Å². The Morgan fingerprint density at radius 1 is 1.10 bits per heavy atom. The van der Waals surface area contributed by atoms with Crippen LogP contribution in [0.5, 0.6) is 0 Å². The molecule has 1 aliphatic heterocycles. The topological polar surface area (TPSA) is 82.6 Å². The number of halogens is 2. The number of likely N-dealkylation sites (tertiary alicyclic amines) is 1. The first-order valence-electron chi connectivity index (χ1n) is 13.1. The molecule has 0 aliphatic carbocycles. The van der Waals surface area contributed by atoms with Gasteiger partial charge in [-0.3, -0.25) is 20.0 Å². The second-order valence-corrected chi connectivity index (χ2v) is 10.4. The molecule has 1 fully saturated rings. The lowest BCUT2D eigenvalue weighted by atomic mass is 10.0. The maximum absolute atomic E-state index is 13.6. The van der Waals surface area contributed by atoms with Crippen molar-refractivity contribution in [3.05, 3.63) is 96.1 Å². The third-order valence-electron chi connectivity index (χ3n) is 7.22. The molecule has 0 bridgehead atoms. The second kappa shape index (κ2) is 10.2. The monoisotopic (exact) mass is 537 g/mol. The molecule has 0 amide bonds. The van der Waals surface area contributed by atoms with Crippen LogP contribution in [0.15, 0.2) is 73.7 Å². The van der Waals surface area contributed by atoms with Gasteiger partial charge in [0.1, 0.15) is 11.2 Å². The van der Waals surface area contributed by atoms with E-state index in [0.29, 0.717) is 35.7 Å². The summed E-state index contributed by atoms with van der Waals surface area (Å²) in [6, 6.07) is 15.9. The van der Waals surface area contributed by atoms with E-state index in [-0.39, 0.29) is 13.0 Å². The van der Waals surface area contributed by atoms with Crippen LogP contribution in [0.2, 0.25) is 0 Å². The third kappa shape index (κ3) is 5.20. The Hall–Kier alpha value is -4.50. The number of H-pyrrole nitrogens is 1.